The predicted octanol–water partition coefficient (Wildman–Crippen LogP) is 6.59. The number of amides is 1. The molecule has 188 valence electrons. The van der Waals surface area contributed by atoms with Gasteiger partial charge in [-0.3, -0.25) is 9.79 Å². The van der Waals surface area contributed by atoms with Crippen molar-refractivity contribution in [2.24, 2.45) is 27.8 Å². The lowest BCUT2D eigenvalue weighted by atomic mass is 9.83. The Balaban J connectivity index is 1.65. The quantitative estimate of drug-likeness (QED) is 0.420. The van der Waals surface area contributed by atoms with Gasteiger partial charge >= 0.3 is 0 Å². The maximum Gasteiger partial charge on any atom is 0.280 e. The first-order valence-corrected chi connectivity index (χ1v) is 13.2. The topological polar surface area (TPSA) is 48.3 Å². The standard InChI is InChI=1S/C27H34F2N4OS/c1-6-16(2)14-30-33-19(5)31-22(26(28)29)13-23(33)21-15-32(12-11-17(21)3)27(34)25-18(4)20-9-7-8-10-24(20)35-25/h7-10,13-14,16-17,19,21,26H,6,11-12,15H2,1-5H3/b30-14-. The Labute approximate surface area is 210 Å². The third-order valence-electron chi connectivity index (χ3n) is 7.23. The highest BCUT2D eigenvalue weighted by Gasteiger charge is 2.38. The van der Waals surface area contributed by atoms with Crippen LogP contribution < -0.4 is 0 Å². The molecule has 4 unspecified atom stereocenters. The van der Waals surface area contributed by atoms with Crippen molar-refractivity contribution in [3.05, 3.63) is 46.5 Å². The molecule has 4 rings (SSSR count). The van der Waals surface area contributed by atoms with Crippen LogP contribution in [0.5, 0.6) is 0 Å². The van der Waals surface area contributed by atoms with E-state index in [9.17, 15) is 13.6 Å². The highest BCUT2D eigenvalue weighted by Crippen LogP contribution is 2.37. The summed E-state index contributed by atoms with van der Waals surface area (Å²) in [7, 11) is 0. The van der Waals surface area contributed by atoms with Gasteiger partial charge in [-0.15, -0.1) is 11.3 Å². The van der Waals surface area contributed by atoms with Crippen LogP contribution in [0, 0.1) is 24.7 Å². The number of rotatable bonds is 6. The van der Waals surface area contributed by atoms with Crippen LogP contribution in [-0.2, 0) is 0 Å². The Hall–Kier alpha value is -2.61. The molecule has 8 heteroatoms. The summed E-state index contributed by atoms with van der Waals surface area (Å²) in [5, 5.41) is 7.56. The maximum absolute atomic E-state index is 13.7. The van der Waals surface area contributed by atoms with Crippen LogP contribution in [0.1, 0.15) is 55.8 Å². The van der Waals surface area contributed by atoms with E-state index in [4.69, 9.17) is 0 Å². The minimum atomic E-state index is -2.65. The van der Waals surface area contributed by atoms with Crippen LogP contribution >= 0.6 is 11.3 Å². The van der Waals surface area contributed by atoms with E-state index in [0.717, 1.165) is 39.1 Å². The molecule has 1 aromatic carbocycles. The van der Waals surface area contributed by atoms with Crippen LogP contribution in [0.4, 0.5) is 8.78 Å². The zero-order chi connectivity index (χ0) is 25.3. The number of likely N-dealkylation sites (tertiary alicyclic amines) is 1. The molecule has 0 saturated carbocycles. The molecular weight excluding hydrogens is 466 g/mol. The van der Waals surface area contributed by atoms with Crippen molar-refractivity contribution in [1.82, 2.24) is 9.91 Å². The molecule has 0 bridgehead atoms. The Bertz CT molecular complexity index is 1170. The van der Waals surface area contributed by atoms with Gasteiger partial charge in [0.05, 0.1) is 4.88 Å². The van der Waals surface area contributed by atoms with Crippen molar-refractivity contribution in [1.29, 1.82) is 0 Å². The van der Waals surface area contributed by atoms with Crippen LogP contribution in [0.15, 0.2) is 46.1 Å². The van der Waals surface area contributed by atoms with E-state index in [1.54, 1.807) is 11.9 Å². The summed E-state index contributed by atoms with van der Waals surface area (Å²) in [5.74, 6) is 0.395. The Morgan fingerprint density at radius 1 is 1.31 bits per heavy atom. The van der Waals surface area contributed by atoms with Gasteiger partial charge in [-0.05, 0) is 61.6 Å². The average molecular weight is 501 g/mol. The fourth-order valence-electron chi connectivity index (χ4n) is 4.75. The highest BCUT2D eigenvalue weighted by atomic mass is 32.1. The molecule has 1 amide bonds. The number of aliphatic imine (C=N–C) groups is 1. The number of hydrogen-bond donors (Lipinski definition) is 0. The van der Waals surface area contributed by atoms with Gasteiger partial charge in [0.25, 0.3) is 12.3 Å². The first-order valence-electron chi connectivity index (χ1n) is 12.4. The summed E-state index contributed by atoms with van der Waals surface area (Å²) >= 11 is 1.52. The normalized spacial score (nSPS) is 24.3. The van der Waals surface area contributed by atoms with Gasteiger partial charge < -0.3 is 4.90 Å². The van der Waals surface area contributed by atoms with Gasteiger partial charge in [-0.25, -0.2) is 13.8 Å². The van der Waals surface area contributed by atoms with Gasteiger partial charge in [-0.1, -0.05) is 39.0 Å². The minimum absolute atomic E-state index is 0.0162. The van der Waals surface area contributed by atoms with E-state index < -0.39 is 12.6 Å². The van der Waals surface area contributed by atoms with E-state index in [0.29, 0.717) is 13.1 Å². The molecular formula is C27H34F2N4OS. The molecule has 2 aromatic rings. The van der Waals surface area contributed by atoms with E-state index >= 15 is 0 Å². The maximum atomic E-state index is 13.7. The van der Waals surface area contributed by atoms with Crippen molar-refractivity contribution in [2.45, 2.75) is 60.1 Å². The van der Waals surface area contributed by atoms with Crippen molar-refractivity contribution >= 4 is 39.3 Å². The molecule has 1 aromatic heterocycles. The second-order valence-electron chi connectivity index (χ2n) is 9.73. The lowest BCUT2D eigenvalue weighted by Gasteiger charge is -2.42. The molecule has 35 heavy (non-hydrogen) atoms. The Kier molecular flexibility index (Phi) is 7.69. The van der Waals surface area contributed by atoms with Gasteiger partial charge in [0, 0.05) is 35.6 Å². The molecule has 0 N–H and O–H groups in total. The van der Waals surface area contributed by atoms with Crippen LogP contribution in [0.3, 0.4) is 0 Å². The number of piperidine rings is 1. The molecule has 4 atom stereocenters. The van der Waals surface area contributed by atoms with E-state index in [1.165, 1.54) is 17.4 Å². The number of aryl methyl sites for hydroxylation is 1. The van der Waals surface area contributed by atoms with Crippen LogP contribution in [0.2, 0.25) is 0 Å². The van der Waals surface area contributed by atoms with Gasteiger partial charge in [0.1, 0.15) is 11.9 Å². The number of alkyl halides is 2. The number of allylic oxidation sites excluding steroid dienone is 1. The summed E-state index contributed by atoms with van der Waals surface area (Å²) < 4.78 is 28.5. The predicted molar refractivity (Wildman–Crippen MR) is 141 cm³/mol. The Morgan fingerprint density at radius 3 is 2.74 bits per heavy atom. The van der Waals surface area contributed by atoms with E-state index in [1.807, 2.05) is 42.3 Å². The molecule has 0 spiro atoms. The second-order valence-corrected chi connectivity index (χ2v) is 10.8. The number of thiophene rings is 1. The molecule has 2 aliphatic heterocycles. The third-order valence-corrected chi connectivity index (χ3v) is 8.49. The molecule has 1 saturated heterocycles. The molecule has 1 fully saturated rings. The summed E-state index contributed by atoms with van der Waals surface area (Å²) in [6, 6.07) is 8.06. The van der Waals surface area contributed by atoms with Crippen molar-refractivity contribution in [2.75, 3.05) is 13.1 Å². The third kappa shape index (κ3) is 5.17. The summed E-state index contributed by atoms with van der Waals surface area (Å²) in [6.45, 7) is 11.2. The van der Waals surface area contributed by atoms with Crippen LogP contribution in [-0.4, -0.2) is 53.4 Å². The average Bonchev–Trinajstić information content (AvgIpc) is 3.19. The minimum Gasteiger partial charge on any atom is -0.337 e. The van der Waals surface area contributed by atoms with Gasteiger partial charge in [0.2, 0.25) is 0 Å². The lowest BCUT2D eigenvalue weighted by molar-refractivity contribution is 0.0607. The van der Waals surface area contributed by atoms with Crippen molar-refractivity contribution in [3.8, 4) is 0 Å². The highest BCUT2D eigenvalue weighted by molar-refractivity contribution is 7.21. The van der Waals surface area contributed by atoms with Crippen molar-refractivity contribution in [3.63, 3.8) is 0 Å². The summed E-state index contributed by atoms with van der Waals surface area (Å²) in [5.41, 5.74) is 1.52. The number of hydrazone groups is 1. The molecule has 0 aliphatic carbocycles. The first kappa shape index (κ1) is 25.5. The monoisotopic (exact) mass is 500 g/mol. The summed E-state index contributed by atoms with van der Waals surface area (Å²) in [4.78, 5) is 20.5. The number of nitrogens with zero attached hydrogens (tertiary/aromatic N) is 4. The largest absolute Gasteiger partial charge is 0.337 e. The summed E-state index contributed by atoms with van der Waals surface area (Å²) in [6.07, 6.45) is 1.93. The zero-order valence-corrected chi connectivity index (χ0v) is 21.9. The molecule has 0 radical (unpaired) electrons. The lowest BCUT2D eigenvalue weighted by Crippen LogP contribution is -2.47. The number of fused-ring (bicyclic) bond motifs is 1. The SMILES string of the molecule is CCC(C)/C=N\N1C(C2CN(C(=O)c3sc4ccccc4c3C)CCC2C)=CC(C(F)F)=NC1C. The van der Waals surface area contributed by atoms with E-state index in [-0.39, 0.29) is 29.4 Å². The fraction of sp³-hybridized carbons (Fsp3) is 0.519. The number of halogens is 2. The molecule has 2 aliphatic rings. The van der Waals surface area contributed by atoms with Gasteiger partial charge in [0.15, 0.2) is 0 Å². The smallest absolute Gasteiger partial charge is 0.280 e. The van der Waals surface area contributed by atoms with Gasteiger partial charge in [-0.2, -0.15) is 5.10 Å². The molecule has 5 nitrogen and oxygen atoms in total. The number of carbonyl (C=O) groups excluding carboxylic acids is 1. The van der Waals surface area contributed by atoms with Crippen LogP contribution in [0.25, 0.3) is 10.1 Å². The number of hydrogen-bond acceptors (Lipinski definition) is 5. The van der Waals surface area contributed by atoms with Crippen molar-refractivity contribution < 1.29 is 13.6 Å². The molecule has 3 heterocycles. The number of carbonyl (C=O) groups is 1. The second kappa shape index (κ2) is 10.6. The first-order chi connectivity index (χ1) is 16.7. The fourth-order valence-corrected chi connectivity index (χ4v) is 5.93. The number of benzene rings is 1. The zero-order valence-electron chi connectivity index (χ0n) is 21.0. The van der Waals surface area contributed by atoms with E-state index in [2.05, 4.69) is 30.9 Å². The Morgan fingerprint density at radius 2 is 2.06 bits per heavy atom.